The van der Waals surface area contributed by atoms with Crippen LogP contribution in [0.4, 0.5) is 4.79 Å². The molecule has 0 radical (unpaired) electrons. The first-order valence-corrected chi connectivity index (χ1v) is 9.99. The van der Waals surface area contributed by atoms with Gasteiger partial charge in [0, 0.05) is 18.0 Å². The van der Waals surface area contributed by atoms with Gasteiger partial charge < -0.3 is 25.2 Å². The quantitative estimate of drug-likeness (QED) is 0.480. The number of alkyl carbamates (subject to hydrolysis) is 1. The molecule has 0 aliphatic rings. The van der Waals surface area contributed by atoms with Gasteiger partial charge in [-0.3, -0.25) is 4.79 Å². The van der Waals surface area contributed by atoms with E-state index in [9.17, 15) is 19.5 Å². The predicted molar refractivity (Wildman–Crippen MR) is 114 cm³/mol. The Hall–Kier alpha value is -3.10. The Kier molecular flexibility index (Phi) is 9.80. The number of benzene rings is 2. The molecule has 166 valence electrons. The van der Waals surface area contributed by atoms with Gasteiger partial charge in [-0.25, -0.2) is 9.59 Å². The van der Waals surface area contributed by atoms with Crippen LogP contribution in [0.25, 0.3) is 0 Å². The molecule has 0 unspecified atom stereocenters. The number of carbonyl (C=O) groups is 3. The maximum atomic E-state index is 12.2. The van der Waals surface area contributed by atoms with Crippen molar-refractivity contribution in [2.45, 2.75) is 31.6 Å². The van der Waals surface area contributed by atoms with Crippen molar-refractivity contribution < 1.29 is 29.0 Å². The molecule has 0 aliphatic carbocycles. The summed E-state index contributed by atoms with van der Waals surface area (Å²) >= 11 is 5.85. The molecule has 3 N–H and O–H groups in total. The maximum absolute atomic E-state index is 12.2. The van der Waals surface area contributed by atoms with Crippen LogP contribution in [0, 0.1) is 0 Å². The number of nitrogens with one attached hydrogen (secondary N) is 2. The molecule has 0 aliphatic heterocycles. The number of carbonyl (C=O) groups excluding carboxylic acids is 3. The van der Waals surface area contributed by atoms with Crippen LogP contribution < -0.4 is 10.6 Å². The second-order valence-electron chi connectivity index (χ2n) is 6.77. The third-order valence-electron chi connectivity index (χ3n) is 4.29. The average molecular weight is 449 g/mol. The molecule has 2 amide bonds. The topological polar surface area (TPSA) is 114 Å². The second kappa shape index (κ2) is 12.6. The van der Waals surface area contributed by atoms with Gasteiger partial charge in [0.05, 0.1) is 19.6 Å². The van der Waals surface area contributed by atoms with Crippen LogP contribution in [0.2, 0.25) is 5.02 Å². The van der Waals surface area contributed by atoms with Gasteiger partial charge in [0.25, 0.3) is 0 Å². The molecule has 0 aromatic heterocycles. The number of halogens is 1. The summed E-state index contributed by atoms with van der Waals surface area (Å²) in [5, 5.41) is 15.5. The van der Waals surface area contributed by atoms with Crippen LogP contribution in [-0.4, -0.2) is 48.9 Å². The van der Waals surface area contributed by atoms with Crippen molar-refractivity contribution in [1.82, 2.24) is 10.6 Å². The largest absolute Gasteiger partial charge is 0.467 e. The zero-order valence-corrected chi connectivity index (χ0v) is 17.8. The Morgan fingerprint density at radius 3 is 2.35 bits per heavy atom. The number of rotatable bonds is 10. The highest BCUT2D eigenvalue weighted by Gasteiger charge is 2.23. The van der Waals surface area contributed by atoms with Gasteiger partial charge in [0.2, 0.25) is 5.91 Å². The molecule has 2 atom stereocenters. The highest BCUT2D eigenvalue weighted by Crippen LogP contribution is 2.12. The smallest absolute Gasteiger partial charge is 0.407 e. The van der Waals surface area contributed by atoms with Gasteiger partial charge in [-0.2, -0.15) is 0 Å². The number of ether oxygens (including phenoxy) is 2. The summed E-state index contributed by atoms with van der Waals surface area (Å²) in [6.45, 7) is -0.0874. The molecule has 0 heterocycles. The van der Waals surface area contributed by atoms with Crippen LogP contribution in [0.15, 0.2) is 54.6 Å². The van der Waals surface area contributed by atoms with Crippen LogP contribution in [-0.2, 0) is 32.1 Å². The van der Waals surface area contributed by atoms with Crippen molar-refractivity contribution in [1.29, 1.82) is 0 Å². The van der Waals surface area contributed by atoms with Gasteiger partial charge in [-0.1, -0.05) is 54.1 Å². The molecule has 2 aromatic carbocycles. The molecule has 9 heteroatoms. The first-order valence-electron chi connectivity index (χ1n) is 9.61. The van der Waals surface area contributed by atoms with Crippen molar-refractivity contribution in [2.24, 2.45) is 0 Å². The number of esters is 1. The summed E-state index contributed by atoms with van der Waals surface area (Å²) in [5.74, 6) is -1.17. The van der Waals surface area contributed by atoms with E-state index in [1.165, 1.54) is 7.11 Å². The number of amides is 2. The average Bonchev–Trinajstić information content (AvgIpc) is 2.77. The SMILES string of the molecule is COC(=O)[C@H](Cc1ccc(Cl)cc1)NC(=O)C[C@H](O)CNC(=O)OCc1ccccc1. The fourth-order valence-corrected chi connectivity index (χ4v) is 2.83. The van der Waals surface area contributed by atoms with E-state index in [2.05, 4.69) is 10.6 Å². The third-order valence-corrected chi connectivity index (χ3v) is 4.54. The number of hydrogen-bond acceptors (Lipinski definition) is 6. The molecule has 2 aromatic rings. The van der Waals surface area contributed by atoms with Crippen molar-refractivity contribution in [3.63, 3.8) is 0 Å². The summed E-state index contributed by atoms with van der Waals surface area (Å²) in [4.78, 5) is 36.0. The van der Waals surface area contributed by atoms with E-state index in [-0.39, 0.29) is 26.0 Å². The van der Waals surface area contributed by atoms with Gasteiger partial charge >= 0.3 is 12.1 Å². The Morgan fingerprint density at radius 1 is 1.03 bits per heavy atom. The monoisotopic (exact) mass is 448 g/mol. The summed E-state index contributed by atoms with van der Waals surface area (Å²) in [6.07, 6.45) is -1.97. The van der Waals surface area contributed by atoms with Crippen molar-refractivity contribution in [2.75, 3.05) is 13.7 Å². The van der Waals surface area contributed by atoms with Crippen molar-refractivity contribution in [3.8, 4) is 0 Å². The summed E-state index contributed by atoms with van der Waals surface area (Å²) < 4.78 is 9.78. The molecule has 0 bridgehead atoms. The lowest BCUT2D eigenvalue weighted by Crippen LogP contribution is -2.45. The summed E-state index contributed by atoms with van der Waals surface area (Å²) in [5.41, 5.74) is 1.61. The lowest BCUT2D eigenvalue weighted by atomic mass is 10.1. The van der Waals surface area contributed by atoms with E-state index < -0.39 is 30.1 Å². The molecule has 2 rings (SSSR count). The Bertz CT molecular complexity index is 860. The predicted octanol–water partition coefficient (Wildman–Crippen LogP) is 2.22. The normalized spacial score (nSPS) is 12.4. The lowest BCUT2D eigenvalue weighted by molar-refractivity contribution is -0.145. The minimum Gasteiger partial charge on any atom is -0.467 e. The molecular formula is C22H25ClN2O6. The number of aliphatic hydroxyl groups excluding tert-OH is 1. The summed E-state index contributed by atoms with van der Waals surface area (Å²) in [7, 11) is 1.23. The second-order valence-corrected chi connectivity index (χ2v) is 7.21. The van der Waals surface area contributed by atoms with Crippen LogP contribution in [0.5, 0.6) is 0 Å². The fraction of sp³-hybridized carbons (Fsp3) is 0.318. The highest BCUT2D eigenvalue weighted by molar-refractivity contribution is 6.30. The molecule has 0 fully saturated rings. The first kappa shape index (κ1) is 24.2. The van der Waals surface area contributed by atoms with Gasteiger partial charge in [-0.15, -0.1) is 0 Å². The van der Waals surface area contributed by atoms with E-state index >= 15 is 0 Å². The minimum absolute atomic E-state index is 0.0920. The molecular weight excluding hydrogens is 424 g/mol. The van der Waals surface area contributed by atoms with Gasteiger partial charge in [0.1, 0.15) is 12.6 Å². The number of methoxy groups -OCH3 is 1. The Labute approximate surface area is 185 Å². The molecule has 0 spiro atoms. The third kappa shape index (κ3) is 9.06. The first-order chi connectivity index (χ1) is 14.9. The molecule has 0 saturated carbocycles. The van der Waals surface area contributed by atoms with Crippen molar-refractivity contribution in [3.05, 3.63) is 70.7 Å². The van der Waals surface area contributed by atoms with Gasteiger partial charge in [-0.05, 0) is 23.3 Å². The Balaban J connectivity index is 1.76. The van der Waals surface area contributed by atoms with E-state index in [1.54, 1.807) is 24.3 Å². The van der Waals surface area contributed by atoms with E-state index in [1.807, 2.05) is 30.3 Å². The van der Waals surface area contributed by atoms with Gasteiger partial charge in [0.15, 0.2) is 0 Å². The summed E-state index contributed by atoms with van der Waals surface area (Å²) in [6, 6.07) is 15.1. The lowest BCUT2D eigenvalue weighted by Gasteiger charge is -2.18. The van der Waals surface area contributed by atoms with E-state index in [0.29, 0.717) is 5.02 Å². The van der Waals surface area contributed by atoms with E-state index in [4.69, 9.17) is 21.1 Å². The molecule has 31 heavy (non-hydrogen) atoms. The Morgan fingerprint density at radius 2 is 1.71 bits per heavy atom. The number of aliphatic hydroxyl groups is 1. The minimum atomic E-state index is -1.15. The van der Waals surface area contributed by atoms with Crippen LogP contribution in [0.1, 0.15) is 17.5 Å². The number of hydrogen-bond donors (Lipinski definition) is 3. The zero-order valence-electron chi connectivity index (χ0n) is 17.0. The maximum Gasteiger partial charge on any atom is 0.407 e. The zero-order chi connectivity index (χ0) is 22.6. The fourth-order valence-electron chi connectivity index (χ4n) is 2.71. The molecule has 8 nitrogen and oxygen atoms in total. The molecule has 0 saturated heterocycles. The van der Waals surface area contributed by atoms with E-state index in [0.717, 1.165) is 11.1 Å². The standard InChI is InChI=1S/C22H25ClN2O6/c1-30-21(28)19(11-15-7-9-17(23)10-8-15)25-20(27)12-18(26)13-24-22(29)31-14-16-5-3-2-4-6-16/h2-10,18-19,26H,11-14H2,1H3,(H,24,29)(H,25,27)/t18-,19-/m0/s1. The van der Waals surface area contributed by atoms with Crippen molar-refractivity contribution >= 4 is 29.6 Å². The van der Waals surface area contributed by atoms with Crippen LogP contribution >= 0.6 is 11.6 Å². The van der Waals surface area contributed by atoms with Crippen LogP contribution in [0.3, 0.4) is 0 Å². The highest BCUT2D eigenvalue weighted by atomic mass is 35.5.